The standard InChI is InChI=1S/C16H11/c1-2-15-10-6-7-11-16(15)13-12-14-8-4-3-5-9-14/h1,3-11,13H. The van der Waals surface area contributed by atoms with E-state index in [0.29, 0.717) is 0 Å². The van der Waals surface area contributed by atoms with Crippen molar-refractivity contribution in [3.63, 3.8) is 0 Å². The number of terminal acetylenes is 1. The number of rotatable bonds is 2. The average molecular weight is 203 g/mol. The van der Waals surface area contributed by atoms with E-state index in [1.165, 1.54) is 0 Å². The summed E-state index contributed by atoms with van der Waals surface area (Å²) in [5.41, 5.74) is 2.97. The van der Waals surface area contributed by atoms with Crippen LogP contribution in [0.25, 0.3) is 6.08 Å². The van der Waals surface area contributed by atoms with Gasteiger partial charge in [0.05, 0.1) is 0 Å². The molecule has 16 heavy (non-hydrogen) atoms. The van der Waals surface area contributed by atoms with E-state index in [9.17, 15) is 0 Å². The summed E-state index contributed by atoms with van der Waals surface area (Å²) in [6.07, 6.45) is 10.6. The summed E-state index contributed by atoms with van der Waals surface area (Å²) in [6.45, 7) is 0. The molecule has 75 valence electrons. The van der Waals surface area contributed by atoms with Gasteiger partial charge in [0.2, 0.25) is 0 Å². The van der Waals surface area contributed by atoms with E-state index in [1.54, 1.807) is 0 Å². The molecule has 0 aromatic heterocycles. The third-order valence-corrected chi connectivity index (χ3v) is 2.28. The van der Waals surface area contributed by atoms with Crippen molar-refractivity contribution in [2.24, 2.45) is 0 Å². The van der Waals surface area contributed by atoms with Gasteiger partial charge in [0.1, 0.15) is 0 Å². The second kappa shape index (κ2) is 5.00. The summed E-state index contributed by atoms with van der Waals surface area (Å²) in [6, 6.07) is 17.8. The lowest BCUT2D eigenvalue weighted by Crippen LogP contribution is -1.80. The van der Waals surface area contributed by atoms with E-state index in [-0.39, 0.29) is 0 Å². The van der Waals surface area contributed by atoms with E-state index in [0.717, 1.165) is 16.7 Å². The number of hydrogen-bond donors (Lipinski definition) is 0. The Labute approximate surface area is 96.3 Å². The van der Waals surface area contributed by atoms with Crippen LogP contribution in [0.1, 0.15) is 16.7 Å². The second-order valence-corrected chi connectivity index (χ2v) is 3.39. The molecule has 0 heteroatoms. The topological polar surface area (TPSA) is 0 Å². The summed E-state index contributed by atoms with van der Waals surface area (Å²) >= 11 is 0. The molecule has 0 spiro atoms. The zero-order chi connectivity index (χ0) is 11.2. The first-order chi connectivity index (χ1) is 7.90. The van der Waals surface area contributed by atoms with E-state index in [2.05, 4.69) is 12.0 Å². The first kappa shape index (κ1) is 10.3. The molecule has 0 nitrogen and oxygen atoms in total. The normalized spacial score (nSPS) is 10.2. The second-order valence-electron chi connectivity index (χ2n) is 3.39. The lowest BCUT2D eigenvalue weighted by Gasteiger charge is -1.97. The zero-order valence-electron chi connectivity index (χ0n) is 8.85. The molecule has 0 aliphatic rings. The van der Waals surface area contributed by atoms with E-state index in [1.807, 2.05) is 60.7 Å². The quantitative estimate of drug-likeness (QED) is 0.517. The van der Waals surface area contributed by atoms with Gasteiger partial charge in [0.25, 0.3) is 0 Å². The Morgan fingerprint density at radius 1 is 0.875 bits per heavy atom. The molecule has 0 bridgehead atoms. The largest absolute Gasteiger partial charge is 0.115 e. The van der Waals surface area contributed by atoms with Crippen LogP contribution in [0.15, 0.2) is 54.6 Å². The summed E-state index contributed by atoms with van der Waals surface area (Å²) in [5, 5.41) is 0. The fourth-order valence-electron chi connectivity index (χ4n) is 1.45. The molecule has 0 amide bonds. The van der Waals surface area contributed by atoms with Gasteiger partial charge >= 0.3 is 0 Å². The zero-order valence-corrected chi connectivity index (χ0v) is 8.85. The van der Waals surface area contributed by atoms with Gasteiger partial charge in [-0.2, -0.15) is 0 Å². The fourth-order valence-corrected chi connectivity index (χ4v) is 1.45. The lowest BCUT2D eigenvalue weighted by atomic mass is 10.1. The van der Waals surface area contributed by atoms with Crippen LogP contribution in [-0.2, 0) is 0 Å². The summed E-state index contributed by atoms with van der Waals surface area (Å²) < 4.78 is 0. The van der Waals surface area contributed by atoms with Crippen LogP contribution in [0.2, 0.25) is 0 Å². The highest BCUT2D eigenvalue weighted by Crippen LogP contribution is 2.10. The Bertz CT molecular complexity index is 527. The molecule has 0 fully saturated rings. The third kappa shape index (κ3) is 2.40. The maximum atomic E-state index is 5.42. The van der Waals surface area contributed by atoms with Crippen LogP contribution in [0.3, 0.4) is 0 Å². The maximum absolute atomic E-state index is 5.42. The Balaban J connectivity index is 2.28. The highest BCUT2D eigenvalue weighted by molar-refractivity contribution is 5.59. The van der Waals surface area contributed by atoms with E-state index in [4.69, 9.17) is 6.42 Å². The molecular weight excluding hydrogens is 192 g/mol. The van der Waals surface area contributed by atoms with Crippen LogP contribution in [0.5, 0.6) is 0 Å². The van der Waals surface area contributed by atoms with Crippen molar-refractivity contribution in [3.05, 3.63) is 77.4 Å². The Morgan fingerprint density at radius 2 is 1.56 bits per heavy atom. The van der Waals surface area contributed by atoms with Crippen molar-refractivity contribution in [3.8, 4) is 12.3 Å². The van der Waals surface area contributed by atoms with Crippen molar-refractivity contribution in [2.75, 3.05) is 0 Å². The van der Waals surface area contributed by atoms with Gasteiger partial charge < -0.3 is 0 Å². The molecule has 0 atom stereocenters. The van der Waals surface area contributed by atoms with Gasteiger partial charge in [-0.3, -0.25) is 0 Å². The SMILES string of the molecule is C#Cc1ccccc1C=[C]c1ccccc1. The van der Waals surface area contributed by atoms with Crippen molar-refractivity contribution >= 4 is 6.08 Å². The Morgan fingerprint density at radius 3 is 2.31 bits per heavy atom. The fraction of sp³-hybridized carbons (Fsp3) is 0. The van der Waals surface area contributed by atoms with E-state index >= 15 is 0 Å². The molecule has 2 aromatic carbocycles. The molecule has 0 saturated heterocycles. The third-order valence-electron chi connectivity index (χ3n) is 2.28. The van der Waals surface area contributed by atoms with Crippen LogP contribution in [0.4, 0.5) is 0 Å². The van der Waals surface area contributed by atoms with E-state index < -0.39 is 0 Å². The number of benzene rings is 2. The maximum Gasteiger partial charge on any atom is 0.0315 e. The summed E-state index contributed by atoms with van der Waals surface area (Å²) in [5.74, 6) is 2.66. The monoisotopic (exact) mass is 203 g/mol. The van der Waals surface area contributed by atoms with Crippen LogP contribution < -0.4 is 0 Å². The predicted octanol–water partition coefficient (Wildman–Crippen LogP) is 3.53. The van der Waals surface area contributed by atoms with Gasteiger partial charge in [-0.15, -0.1) is 6.42 Å². The molecule has 1 radical (unpaired) electrons. The first-order valence-corrected chi connectivity index (χ1v) is 5.10. The Kier molecular flexibility index (Phi) is 3.21. The lowest BCUT2D eigenvalue weighted by molar-refractivity contribution is 1.56. The molecule has 2 rings (SSSR count). The molecule has 2 aromatic rings. The smallest absolute Gasteiger partial charge is 0.0315 e. The van der Waals surface area contributed by atoms with Gasteiger partial charge in [-0.1, -0.05) is 54.5 Å². The van der Waals surface area contributed by atoms with Crippen LogP contribution >= 0.6 is 0 Å². The Hall–Kier alpha value is -2.26. The minimum Gasteiger partial charge on any atom is -0.115 e. The van der Waals surface area contributed by atoms with Crippen molar-refractivity contribution < 1.29 is 0 Å². The van der Waals surface area contributed by atoms with Crippen molar-refractivity contribution in [1.82, 2.24) is 0 Å². The van der Waals surface area contributed by atoms with Crippen LogP contribution in [-0.4, -0.2) is 0 Å². The molecule has 0 aliphatic heterocycles. The predicted molar refractivity (Wildman–Crippen MR) is 67.6 cm³/mol. The summed E-state index contributed by atoms with van der Waals surface area (Å²) in [7, 11) is 0. The van der Waals surface area contributed by atoms with Gasteiger partial charge in [0, 0.05) is 5.56 Å². The van der Waals surface area contributed by atoms with Gasteiger partial charge in [-0.05, 0) is 29.3 Å². The molecule has 0 heterocycles. The van der Waals surface area contributed by atoms with Gasteiger partial charge in [-0.25, -0.2) is 0 Å². The minimum absolute atomic E-state index is 0.894. The number of hydrogen-bond acceptors (Lipinski definition) is 0. The highest BCUT2D eigenvalue weighted by Gasteiger charge is 1.93. The van der Waals surface area contributed by atoms with Gasteiger partial charge in [0.15, 0.2) is 0 Å². The molecule has 0 N–H and O–H groups in total. The summed E-state index contributed by atoms with van der Waals surface area (Å²) in [4.78, 5) is 0. The molecule has 0 saturated carbocycles. The highest BCUT2D eigenvalue weighted by atomic mass is 14.0. The van der Waals surface area contributed by atoms with Crippen LogP contribution in [0, 0.1) is 18.4 Å². The minimum atomic E-state index is 0.894. The molecule has 0 aliphatic carbocycles. The van der Waals surface area contributed by atoms with Crippen molar-refractivity contribution in [2.45, 2.75) is 0 Å². The molecular formula is C16H11. The molecule has 0 unspecified atom stereocenters. The van der Waals surface area contributed by atoms with Crippen molar-refractivity contribution in [1.29, 1.82) is 0 Å². The first-order valence-electron chi connectivity index (χ1n) is 5.10. The average Bonchev–Trinajstić information content (AvgIpc) is 2.38.